The number of rotatable bonds is 4. The third-order valence-corrected chi connectivity index (χ3v) is 10.0. The summed E-state index contributed by atoms with van der Waals surface area (Å²) in [6, 6.07) is 29.1. The zero-order valence-electron chi connectivity index (χ0n) is 33.1. The fourth-order valence-electron chi connectivity index (χ4n) is 7.24. The summed E-state index contributed by atoms with van der Waals surface area (Å²) in [7, 11) is 0. The van der Waals surface area contributed by atoms with Gasteiger partial charge in [0.25, 0.3) is 0 Å². The van der Waals surface area contributed by atoms with Crippen LogP contribution in [-0.2, 0) is 10.8 Å². The van der Waals surface area contributed by atoms with Crippen LogP contribution in [0.4, 0.5) is 0 Å². The van der Waals surface area contributed by atoms with Crippen molar-refractivity contribution in [3.05, 3.63) is 152 Å². The summed E-state index contributed by atoms with van der Waals surface area (Å²) in [5.74, 6) is 13.6. The Hall–Kier alpha value is -4.73. The number of benzene rings is 5. The minimum absolute atomic E-state index is 0.0375. The van der Waals surface area contributed by atoms with Gasteiger partial charge >= 0.3 is 13.8 Å². The van der Waals surface area contributed by atoms with Crippen LogP contribution in [0.5, 0.6) is 0 Å². The van der Waals surface area contributed by atoms with Gasteiger partial charge < -0.3 is 10.0 Å². The molecule has 0 fully saturated rings. The van der Waals surface area contributed by atoms with Crippen molar-refractivity contribution in [1.82, 2.24) is 0 Å². The van der Waals surface area contributed by atoms with Gasteiger partial charge in [-0.15, -0.1) is 0 Å². The molecule has 0 heterocycles. The lowest BCUT2D eigenvalue weighted by atomic mass is 9.48. The van der Waals surface area contributed by atoms with Crippen LogP contribution in [0.1, 0.15) is 108 Å². The molecule has 0 aliphatic carbocycles. The Morgan fingerprint density at radius 3 is 0.981 bits per heavy atom. The van der Waals surface area contributed by atoms with Crippen molar-refractivity contribution in [2.24, 2.45) is 0 Å². The first-order valence-electron chi connectivity index (χ1n) is 18.3. The maximum absolute atomic E-state index is 12.3. The van der Waals surface area contributed by atoms with E-state index in [-0.39, 0.29) is 10.8 Å². The third kappa shape index (κ3) is 8.65. The molecule has 5 aromatic carbocycles. The smallest absolute Gasteiger partial charge is 0.360 e. The zero-order valence-corrected chi connectivity index (χ0v) is 33.1. The molecule has 2 nitrogen and oxygen atoms in total. The van der Waals surface area contributed by atoms with Crippen molar-refractivity contribution in [2.75, 3.05) is 0 Å². The maximum Gasteiger partial charge on any atom is 0.360 e. The van der Waals surface area contributed by atoms with Crippen LogP contribution < -0.4 is 21.9 Å². The summed E-state index contributed by atoms with van der Waals surface area (Å²) in [5.41, 5.74) is 15.0. The van der Waals surface area contributed by atoms with Crippen LogP contribution >= 0.6 is 0 Å². The Labute approximate surface area is 314 Å². The largest absolute Gasteiger partial charge is 0.443 e. The predicted molar refractivity (Wildman–Crippen MR) is 224 cm³/mol. The van der Waals surface area contributed by atoms with Crippen molar-refractivity contribution < 1.29 is 10.0 Å². The molecule has 5 rings (SSSR count). The van der Waals surface area contributed by atoms with E-state index in [1.807, 2.05) is 39.8 Å². The molecule has 0 radical (unpaired) electrons. The average molecular weight is 683 g/mol. The molecule has 0 bridgehead atoms. The second-order valence-corrected chi connectivity index (χ2v) is 16.6. The summed E-state index contributed by atoms with van der Waals surface area (Å²) in [6.45, 7) is 23.6. The second kappa shape index (κ2) is 15.1. The van der Waals surface area contributed by atoms with E-state index in [0.29, 0.717) is 22.1 Å². The highest BCUT2D eigenvalue weighted by Gasteiger charge is 2.29. The Kier molecular flexibility index (Phi) is 11.2. The third-order valence-electron chi connectivity index (χ3n) is 10.0. The monoisotopic (exact) mass is 682 g/mol. The molecule has 0 aliphatic heterocycles. The zero-order chi connectivity index (χ0) is 38.1. The maximum atomic E-state index is 12.3. The minimum atomic E-state index is -0.950. The number of hydrogen-bond donors (Lipinski definition) is 2. The van der Waals surface area contributed by atoms with Crippen LogP contribution in [0, 0.1) is 65.2 Å². The van der Waals surface area contributed by atoms with E-state index in [1.54, 1.807) is 0 Å². The van der Waals surface area contributed by atoms with Gasteiger partial charge in [-0.1, -0.05) is 147 Å². The quantitative estimate of drug-likeness (QED) is 0.157. The van der Waals surface area contributed by atoms with Crippen LogP contribution in [0.15, 0.2) is 84.9 Å². The van der Waals surface area contributed by atoms with Gasteiger partial charge in [-0.3, -0.25) is 0 Å². The Balaban J connectivity index is 1.77. The molecule has 5 aromatic rings. The number of aryl methyl sites for hydroxylation is 6. The van der Waals surface area contributed by atoms with Gasteiger partial charge in [-0.05, 0) is 122 Å². The van der Waals surface area contributed by atoms with E-state index >= 15 is 0 Å². The van der Waals surface area contributed by atoms with Gasteiger partial charge in [0, 0.05) is 22.3 Å². The van der Waals surface area contributed by atoms with Crippen molar-refractivity contribution in [1.29, 1.82) is 0 Å². The minimum Gasteiger partial charge on any atom is -0.443 e. The van der Waals surface area contributed by atoms with Gasteiger partial charge in [-0.25, -0.2) is 0 Å². The molecule has 0 aliphatic rings. The fourth-order valence-corrected chi connectivity index (χ4v) is 7.24. The van der Waals surface area contributed by atoms with E-state index in [9.17, 15) is 10.0 Å². The molecule has 4 heteroatoms. The summed E-state index contributed by atoms with van der Waals surface area (Å²) in [5, 5.41) is 24.5. The van der Waals surface area contributed by atoms with Crippen molar-refractivity contribution in [3.8, 4) is 23.7 Å². The van der Waals surface area contributed by atoms with Crippen LogP contribution in [0.25, 0.3) is 0 Å². The van der Waals surface area contributed by atoms with Gasteiger partial charge in [-0.2, -0.15) is 0 Å². The van der Waals surface area contributed by atoms with Crippen molar-refractivity contribution in [3.63, 3.8) is 0 Å². The molecule has 0 amide bonds. The molecular formula is C48H52B2O2. The lowest BCUT2D eigenvalue weighted by Crippen LogP contribution is -2.50. The molecule has 52 heavy (non-hydrogen) atoms. The predicted octanol–water partition coefficient (Wildman–Crippen LogP) is 7.13. The Morgan fingerprint density at radius 2 is 0.712 bits per heavy atom. The summed E-state index contributed by atoms with van der Waals surface area (Å²) >= 11 is 0. The molecule has 2 N–H and O–H groups in total. The first-order valence-corrected chi connectivity index (χ1v) is 18.3. The van der Waals surface area contributed by atoms with Gasteiger partial charge in [0.1, 0.15) is 0 Å². The first-order chi connectivity index (χ1) is 24.3. The van der Waals surface area contributed by atoms with Crippen LogP contribution in [-0.4, -0.2) is 23.9 Å². The first kappa shape index (κ1) is 38.5. The highest BCUT2D eigenvalue weighted by molar-refractivity contribution is 6.82. The average Bonchev–Trinajstić information content (AvgIpc) is 3.04. The molecule has 0 aromatic heterocycles. The molecule has 262 valence electrons. The standard InChI is InChI=1S/C48H52B2O2/c1-31-25-33(3)45(34(4)26-31)49(51)43-29-40(20-14-38-17-23-42(24-18-38)48(10,11)12)44(50(52)46-35(5)27-32(2)28-36(46)6)30-39(43)19-13-37-15-21-41(22-16-37)47(7,8)9/h15-18,21-30,51-52H,1-12H3. The highest BCUT2D eigenvalue weighted by Crippen LogP contribution is 2.23. The topological polar surface area (TPSA) is 40.5 Å². The molecule has 0 spiro atoms. The Morgan fingerprint density at radius 1 is 0.423 bits per heavy atom. The molecular weight excluding hydrogens is 630 g/mol. The van der Waals surface area contributed by atoms with Gasteiger partial charge in [0.15, 0.2) is 0 Å². The van der Waals surface area contributed by atoms with Crippen LogP contribution in [0.2, 0.25) is 0 Å². The molecule has 0 saturated heterocycles. The SMILES string of the molecule is Cc1cc(C)c(B(O)c2cc(C#Cc3ccc(C(C)(C)C)cc3)c(B(O)c3c(C)cc(C)cc3C)cc2C#Cc2ccc(C(C)(C)C)cc2)c(C)c1. The number of hydrogen-bond acceptors (Lipinski definition) is 2. The molecule has 0 saturated carbocycles. The highest BCUT2D eigenvalue weighted by atomic mass is 16.2. The van der Waals surface area contributed by atoms with E-state index < -0.39 is 13.8 Å². The molecule has 0 unspecified atom stereocenters. The van der Waals surface area contributed by atoms with E-state index in [0.717, 1.165) is 55.4 Å². The van der Waals surface area contributed by atoms with Crippen molar-refractivity contribution >= 4 is 35.7 Å². The fraction of sp³-hybridized carbons (Fsp3) is 0.292. The summed E-state index contributed by atoms with van der Waals surface area (Å²) in [4.78, 5) is 0. The van der Waals surface area contributed by atoms with E-state index in [1.165, 1.54) is 11.1 Å². The normalized spacial score (nSPS) is 11.3. The van der Waals surface area contributed by atoms with Crippen LogP contribution in [0.3, 0.4) is 0 Å². The summed E-state index contributed by atoms with van der Waals surface area (Å²) < 4.78 is 0. The van der Waals surface area contributed by atoms with Crippen molar-refractivity contribution in [2.45, 2.75) is 93.9 Å². The Bertz CT molecular complexity index is 2030. The lowest BCUT2D eigenvalue weighted by molar-refractivity contribution is 0.590. The van der Waals surface area contributed by atoms with E-state index in [4.69, 9.17) is 0 Å². The lowest BCUT2D eigenvalue weighted by Gasteiger charge is -2.20. The summed E-state index contributed by atoms with van der Waals surface area (Å²) in [6.07, 6.45) is 0. The van der Waals surface area contributed by atoms with Gasteiger partial charge in [0.2, 0.25) is 0 Å². The van der Waals surface area contributed by atoms with Gasteiger partial charge in [0.05, 0.1) is 0 Å². The molecule has 0 atom stereocenters. The second-order valence-electron chi connectivity index (χ2n) is 16.6. The van der Waals surface area contributed by atoms with E-state index in [2.05, 4.69) is 152 Å².